The van der Waals surface area contributed by atoms with Gasteiger partial charge in [0.2, 0.25) is 16.1 Å². The average Bonchev–Trinajstić information content (AvgIpc) is 3.21. The Morgan fingerprint density at radius 1 is 1.15 bits per heavy atom. The first kappa shape index (κ1) is 22.8. The van der Waals surface area contributed by atoms with Gasteiger partial charge in [-0.3, -0.25) is 9.59 Å². The maximum atomic E-state index is 13.0. The number of carbonyl (C=O) groups is 2. The third-order valence-electron chi connectivity index (χ3n) is 5.16. The van der Waals surface area contributed by atoms with E-state index in [1.807, 2.05) is 0 Å². The molecule has 1 atom stereocenters. The number of anilines is 1. The maximum Gasteiger partial charge on any atom is 0.267 e. The Morgan fingerprint density at radius 2 is 1.91 bits per heavy atom. The summed E-state index contributed by atoms with van der Waals surface area (Å²) in [5, 5.41) is 10.5. The van der Waals surface area contributed by atoms with Gasteiger partial charge in [0.15, 0.2) is 5.78 Å². The first-order valence-corrected chi connectivity index (χ1v) is 11.7. The van der Waals surface area contributed by atoms with E-state index in [4.69, 9.17) is 9.57 Å². The molecule has 1 unspecified atom stereocenters. The van der Waals surface area contributed by atoms with Gasteiger partial charge in [0.25, 0.3) is 5.91 Å². The molecule has 4 rings (SSSR count). The molecule has 1 fully saturated rings. The van der Waals surface area contributed by atoms with Gasteiger partial charge in [-0.25, -0.2) is 8.42 Å². The molecule has 0 bridgehead atoms. The molecule has 1 aliphatic rings. The average molecular weight is 474 g/mol. The molecule has 2 aromatic carbocycles. The van der Waals surface area contributed by atoms with Gasteiger partial charge in [-0.1, -0.05) is 17.0 Å². The van der Waals surface area contributed by atoms with Crippen LogP contribution in [0.5, 0.6) is 0 Å². The number of amides is 1. The predicted molar refractivity (Wildman–Crippen MR) is 118 cm³/mol. The highest BCUT2D eigenvalue weighted by molar-refractivity contribution is 7.89. The summed E-state index contributed by atoms with van der Waals surface area (Å²) >= 11 is 0. The normalized spacial score (nSPS) is 15.8. The molecule has 3 aromatic rings. The predicted octanol–water partition coefficient (Wildman–Crippen LogP) is 1.11. The Kier molecular flexibility index (Phi) is 6.40. The number of carbonyl (C=O) groups excluding carboxylic acids is 2. The summed E-state index contributed by atoms with van der Waals surface area (Å²) in [5.41, 5.74) is 1.64. The van der Waals surface area contributed by atoms with E-state index < -0.39 is 22.0 Å². The molecular formula is C21H23N5O6S. The molecule has 1 aromatic heterocycles. The first-order chi connectivity index (χ1) is 15.8. The van der Waals surface area contributed by atoms with Crippen LogP contribution in [0.3, 0.4) is 0 Å². The smallest absolute Gasteiger partial charge is 0.267 e. The van der Waals surface area contributed by atoms with Crippen LogP contribution >= 0.6 is 0 Å². The van der Waals surface area contributed by atoms with E-state index in [1.54, 1.807) is 24.3 Å². The first-order valence-electron chi connectivity index (χ1n) is 10.3. The summed E-state index contributed by atoms with van der Waals surface area (Å²) in [6, 6.07) is 11.0. The minimum absolute atomic E-state index is 0.0715. The van der Waals surface area contributed by atoms with Gasteiger partial charge in [0.05, 0.1) is 18.1 Å². The monoisotopic (exact) mass is 473 g/mol. The van der Waals surface area contributed by atoms with E-state index in [0.29, 0.717) is 35.5 Å². The number of benzene rings is 2. The Labute approximate surface area is 190 Å². The summed E-state index contributed by atoms with van der Waals surface area (Å²) in [7, 11) is -3.72. The highest BCUT2D eigenvalue weighted by Gasteiger charge is 2.27. The maximum absolute atomic E-state index is 13.0. The second-order valence-corrected chi connectivity index (χ2v) is 9.44. The van der Waals surface area contributed by atoms with Crippen LogP contribution in [0.1, 0.15) is 24.2 Å². The summed E-state index contributed by atoms with van der Waals surface area (Å²) in [5.74, 6) is -0.594. The largest absolute Gasteiger partial charge is 0.382 e. The van der Waals surface area contributed by atoms with Crippen molar-refractivity contribution in [2.24, 2.45) is 0 Å². The van der Waals surface area contributed by atoms with E-state index in [9.17, 15) is 18.0 Å². The quantitative estimate of drug-likeness (QED) is 0.505. The number of ether oxygens (including phenoxy) is 1. The molecule has 2 heterocycles. The van der Waals surface area contributed by atoms with Crippen LogP contribution in [-0.4, -0.2) is 72.0 Å². The fraction of sp³-hybridized carbons (Fsp3) is 0.333. The zero-order valence-corrected chi connectivity index (χ0v) is 18.9. The lowest BCUT2D eigenvalue weighted by atomic mass is 10.1. The molecule has 11 nitrogen and oxygen atoms in total. The van der Waals surface area contributed by atoms with E-state index >= 15 is 0 Å². The van der Waals surface area contributed by atoms with Crippen molar-refractivity contribution in [3.8, 4) is 0 Å². The molecule has 1 aliphatic heterocycles. The summed E-state index contributed by atoms with van der Waals surface area (Å²) in [4.78, 5) is 30.9. The number of fused-ring (bicyclic) bond motifs is 1. The van der Waals surface area contributed by atoms with Crippen LogP contribution in [-0.2, 0) is 19.6 Å². The van der Waals surface area contributed by atoms with Crippen molar-refractivity contribution in [3.63, 3.8) is 0 Å². The standard InChI is InChI=1S/C21H23N5O6S/c1-14(27)16-4-3-5-17(12-16)22-21(28)15(2)32-26-20-13-18(6-7-19(20)23-24-26)33(29,30)25-8-10-31-11-9-25/h3-7,12-13,15H,8-11H2,1-2H3,(H,22,28). The van der Waals surface area contributed by atoms with Crippen LogP contribution in [0, 0.1) is 0 Å². The second-order valence-electron chi connectivity index (χ2n) is 7.50. The Bertz CT molecular complexity index is 1300. The fourth-order valence-corrected chi connectivity index (χ4v) is 4.74. The molecule has 1 N–H and O–H groups in total. The van der Waals surface area contributed by atoms with Crippen molar-refractivity contribution in [2.75, 3.05) is 31.6 Å². The number of morpholine rings is 1. The van der Waals surface area contributed by atoms with Crippen molar-refractivity contribution in [1.29, 1.82) is 0 Å². The van der Waals surface area contributed by atoms with Crippen LogP contribution in [0.2, 0.25) is 0 Å². The number of rotatable bonds is 7. The molecule has 33 heavy (non-hydrogen) atoms. The van der Waals surface area contributed by atoms with Crippen molar-refractivity contribution < 1.29 is 27.6 Å². The third kappa shape index (κ3) is 4.87. The molecule has 0 saturated carbocycles. The van der Waals surface area contributed by atoms with Gasteiger partial charge < -0.3 is 14.9 Å². The number of sulfonamides is 1. The van der Waals surface area contributed by atoms with Gasteiger partial charge in [-0.05, 0) is 49.4 Å². The van der Waals surface area contributed by atoms with Gasteiger partial charge >= 0.3 is 0 Å². The highest BCUT2D eigenvalue weighted by Crippen LogP contribution is 2.21. The molecule has 174 valence electrons. The number of hydrogen-bond acceptors (Lipinski definition) is 8. The number of Topliss-reactive ketones (excluding diaryl/α,β-unsaturated/α-hetero) is 1. The Morgan fingerprint density at radius 3 is 2.64 bits per heavy atom. The topological polar surface area (TPSA) is 133 Å². The Hall–Kier alpha value is -3.35. The van der Waals surface area contributed by atoms with E-state index in [-0.39, 0.29) is 23.8 Å². The second kappa shape index (κ2) is 9.25. The lowest BCUT2D eigenvalue weighted by Gasteiger charge is -2.26. The van der Waals surface area contributed by atoms with Crippen LogP contribution in [0.4, 0.5) is 5.69 Å². The number of ketones is 1. The summed E-state index contributed by atoms with van der Waals surface area (Å²) < 4.78 is 32.5. The molecule has 1 saturated heterocycles. The molecule has 0 spiro atoms. The van der Waals surface area contributed by atoms with Crippen molar-refractivity contribution in [3.05, 3.63) is 48.0 Å². The lowest BCUT2D eigenvalue weighted by Crippen LogP contribution is -2.40. The van der Waals surface area contributed by atoms with E-state index in [0.717, 1.165) is 4.85 Å². The fourth-order valence-electron chi connectivity index (χ4n) is 3.31. The van der Waals surface area contributed by atoms with E-state index in [1.165, 1.54) is 36.4 Å². The van der Waals surface area contributed by atoms with Crippen molar-refractivity contribution in [2.45, 2.75) is 24.8 Å². The van der Waals surface area contributed by atoms with Crippen LogP contribution < -0.4 is 10.2 Å². The highest BCUT2D eigenvalue weighted by atomic mass is 32.2. The van der Waals surface area contributed by atoms with Crippen LogP contribution in [0.15, 0.2) is 47.4 Å². The molecule has 0 aliphatic carbocycles. The SMILES string of the molecule is CC(=O)c1cccc(NC(=O)C(C)On2nnc3ccc(S(=O)(=O)N4CCOCC4)cc32)c1. The molecular weight excluding hydrogens is 450 g/mol. The molecule has 12 heteroatoms. The number of aromatic nitrogens is 3. The molecule has 1 amide bonds. The number of hydrogen-bond donors (Lipinski definition) is 1. The van der Waals surface area contributed by atoms with Gasteiger partial charge in [-0.15, -0.1) is 5.10 Å². The molecule has 0 radical (unpaired) electrons. The summed E-state index contributed by atoms with van der Waals surface area (Å²) in [6.07, 6.45) is -0.990. The number of nitrogens with one attached hydrogen (secondary N) is 1. The van der Waals surface area contributed by atoms with Gasteiger partial charge in [0.1, 0.15) is 11.0 Å². The summed E-state index contributed by atoms with van der Waals surface area (Å²) in [6.45, 7) is 4.19. The van der Waals surface area contributed by atoms with E-state index in [2.05, 4.69) is 15.6 Å². The van der Waals surface area contributed by atoms with Gasteiger partial charge in [0, 0.05) is 24.3 Å². The van der Waals surface area contributed by atoms with Crippen molar-refractivity contribution >= 4 is 38.4 Å². The number of nitrogens with zero attached hydrogens (tertiary/aromatic N) is 4. The third-order valence-corrected chi connectivity index (χ3v) is 7.05. The Balaban J connectivity index is 1.52. The van der Waals surface area contributed by atoms with Gasteiger partial charge in [-0.2, -0.15) is 4.31 Å². The minimum Gasteiger partial charge on any atom is -0.382 e. The minimum atomic E-state index is -3.72. The van der Waals surface area contributed by atoms with Crippen LogP contribution in [0.25, 0.3) is 11.0 Å². The zero-order valence-electron chi connectivity index (χ0n) is 18.1. The van der Waals surface area contributed by atoms with Crippen molar-refractivity contribution in [1.82, 2.24) is 19.5 Å². The lowest BCUT2D eigenvalue weighted by molar-refractivity contribution is -0.127. The zero-order chi connectivity index (χ0) is 23.6.